The van der Waals surface area contributed by atoms with Crippen LogP contribution in [0.1, 0.15) is 25.0 Å². The second-order valence-electron chi connectivity index (χ2n) is 5.97. The number of allylic oxidation sites excluding steroid dienone is 1. The van der Waals surface area contributed by atoms with Gasteiger partial charge in [-0.1, -0.05) is 25.1 Å². The van der Waals surface area contributed by atoms with Crippen LogP contribution in [0, 0.1) is 0 Å². The second kappa shape index (κ2) is 6.10. The Labute approximate surface area is 158 Å². The number of rotatable bonds is 3. The minimum atomic E-state index is -3.62. The minimum absolute atomic E-state index is 0.00421. The fourth-order valence-corrected chi connectivity index (χ4v) is 4.90. The van der Waals surface area contributed by atoms with Gasteiger partial charge in [0.2, 0.25) is 20.0 Å². The predicted octanol–water partition coefficient (Wildman–Crippen LogP) is 2.17. The van der Waals surface area contributed by atoms with Gasteiger partial charge in [-0.05, 0) is 19.1 Å². The molecule has 0 saturated carbocycles. The Morgan fingerprint density at radius 2 is 2.04 bits per heavy atom. The molecule has 3 heterocycles. The first-order valence-electron chi connectivity index (χ1n) is 8.11. The lowest BCUT2D eigenvalue weighted by Crippen LogP contribution is -2.19. The number of nitrogen functional groups attached to an aromatic ring is 1. The summed E-state index contributed by atoms with van der Waals surface area (Å²) < 4.78 is 29.8. The third kappa shape index (κ3) is 2.68. The summed E-state index contributed by atoms with van der Waals surface area (Å²) >= 11 is 0.823. The lowest BCUT2D eigenvalue weighted by molar-refractivity contribution is 0.588. The van der Waals surface area contributed by atoms with Gasteiger partial charge in [-0.3, -0.25) is 9.79 Å². The van der Waals surface area contributed by atoms with Crippen LogP contribution in [0.2, 0.25) is 0 Å². The SMILES string of the molecule is CCS(=O)(=O)c1nsc2nc(=O)c(/C=C3\C(C)=Nc4ccccc43)c(N)n12. The largest absolute Gasteiger partial charge is 0.384 e. The average Bonchev–Trinajstić information content (AvgIpc) is 3.20. The van der Waals surface area contributed by atoms with E-state index < -0.39 is 15.4 Å². The van der Waals surface area contributed by atoms with Crippen LogP contribution < -0.4 is 11.3 Å². The molecule has 0 atom stereocenters. The average molecular weight is 401 g/mol. The zero-order valence-corrected chi connectivity index (χ0v) is 16.1. The Morgan fingerprint density at radius 3 is 2.78 bits per heavy atom. The number of hydrogen-bond acceptors (Lipinski definition) is 8. The number of hydrogen-bond donors (Lipinski definition) is 1. The summed E-state index contributed by atoms with van der Waals surface area (Å²) in [5.41, 5.74) is 8.95. The molecule has 0 fully saturated rings. The number of nitrogens with zero attached hydrogens (tertiary/aromatic N) is 4. The standard InChI is InChI=1S/C17H15N5O3S2/c1-3-27(24,25)17-21-26-16-20-15(23)12(14(18)22(16)17)8-11-9(2)19-13-7-5-4-6-10(11)13/h4-8H,3,18H2,1-2H3/b11-8+. The monoisotopic (exact) mass is 401 g/mol. The zero-order chi connectivity index (χ0) is 19.3. The van der Waals surface area contributed by atoms with Crippen molar-refractivity contribution in [1.29, 1.82) is 0 Å². The molecule has 2 N–H and O–H groups in total. The third-order valence-corrected chi connectivity index (χ3v) is 6.76. The number of para-hydroxylation sites is 1. The van der Waals surface area contributed by atoms with Gasteiger partial charge in [0.15, 0.2) is 0 Å². The van der Waals surface area contributed by atoms with E-state index in [1.165, 1.54) is 11.3 Å². The first-order chi connectivity index (χ1) is 12.8. The van der Waals surface area contributed by atoms with Crippen molar-refractivity contribution in [1.82, 2.24) is 13.8 Å². The summed E-state index contributed by atoms with van der Waals surface area (Å²) in [4.78, 5) is 21.1. The highest BCUT2D eigenvalue weighted by Crippen LogP contribution is 2.36. The van der Waals surface area contributed by atoms with Crippen molar-refractivity contribution in [3.63, 3.8) is 0 Å². The van der Waals surface area contributed by atoms with E-state index in [1.54, 1.807) is 6.08 Å². The molecule has 10 heteroatoms. The highest BCUT2D eigenvalue weighted by Gasteiger charge is 2.24. The number of sulfone groups is 1. The topological polar surface area (TPSA) is 120 Å². The first kappa shape index (κ1) is 17.6. The van der Waals surface area contributed by atoms with Gasteiger partial charge in [0.1, 0.15) is 5.82 Å². The second-order valence-corrected chi connectivity index (χ2v) is 8.88. The number of fused-ring (bicyclic) bond motifs is 2. The van der Waals surface area contributed by atoms with E-state index in [1.807, 2.05) is 31.2 Å². The quantitative estimate of drug-likeness (QED) is 0.718. The summed E-state index contributed by atoms with van der Waals surface area (Å²) in [6.45, 7) is 3.36. The van der Waals surface area contributed by atoms with Crippen LogP contribution in [0.25, 0.3) is 16.6 Å². The third-order valence-electron chi connectivity index (χ3n) is 4.35. The van der Waals surface area contributed by atoms with Crippen LogP contribution in [-0.4, -0.2) is 33.6 Å². The van der Waals surface area contributed by atoms with Gasteiger partial charge in [0, 0.05) is 28.4 Å². The zero-order valence-electron chi connectivity index (χ0n) is 14.5. The molecule has 138 valence electrons. The maximum Gasteiger partial charge on any atom is 0.283 e. The van der Waals surface area contributed by atoms with Crippen molar-refractivity contribution in [3.8, 4) is 0 Å². The summed E-state index contributed by atoms with van der Waals surface area (Å²) in [7, 11) is -3.62. The van der Waals surface area contributed by atoms with E-state index >= 15 is 0 Å². The fourth-order valence-electron chi connectivity index (χ4n) is 2.92. The van der Waals surface area contributed by atoms with Crippen molar-refractivity contribution in [2.45, 2.75) is 19.0 Å². The Morgan fingerprint density at radius 1 is 1.30 bits per heavy atom. The lowest BCUT2D eigenvalue weighted by atomic mass is 10.0. The molecule has 2 aromatic heterocycles. The first-order valence-corrected chi connectivity index (χ1v) is 10.5. The summed E-state index contributed by atoms with van der Waals surface area (Å²) in [5.74, 6) is -0.136. The number of aliphatic imine (C=N–C) groups is 1. The maximum atomic E-state index is 12.5. The molecule has 1 aliphatic heterocycles. The predicted molar refractivity (Wildman–Crippen MR) is 106 cm³/mol. The van der Waals surface area contributed by atoms with Gasteiger partial charge in [-0.2, -0.15) is 9.36 Å². The molecule has 27 heavy (non-hydrogen) atoms. The van der Waals surface area contributed by atoms with Gasteiger partial charge in [-0.15, -0.1) is 0 Å². The normalized spacial score (nSPS) is 15.3. The molecule has 1 aliphatic rings. The van der Waals surface area contributed by atoms with E-state index in [-0.39, 0.29) is 27.3 Å². The number of anilines is 1. The number of aromatic nitrogens is 3. The van der Waals surface area contributed by atoms with Crippen molar-refractivity contribution >= 4 is 55.2 Å². The fraction of sp³-hybridized carbons (Fsp3) is 0.176. The van der Waals surface area contributed by atoms with E-state index in [0.717, 1.165) is 34.1 Å². The minimum Gasteiger partial charge on any atom is -0.384 e. The van der Waals surface area contributed by atoms with Crippen molar-refractivity contribution in [2.75, 3.05) is 11.5 Å². The molecule has 3 aromatic rings. The van der Waals surface area contributed by atoms with Crippen LogP contribution in [-0.2, 0) is 9.84 Å². The molecular formula is C17H15N5O3S2. The Hall–Kier alpha value is -2.85. The molecule has 8 nitrogen and oxygen atoms in total. The number of benzene rings is 1. The van der Waals surface area contributed by atoms with Gasteiger partial charge in [0.05, 0.1) is 17.0 Å². The van der Waals surface area contributed by atoms with Gasteiger partial charge < -0.3 is 5.73 Å². The van der Waals surface area contributed by atoms with Crippen LogP contribution in [0.15, 0.2) is 39.2 Å². The van der Waals surface area contributed by atoms with Crippen LogP contribution in [0.5, 0.6) is 0 Å². The molecule has 1 aromatic carbocycles. The van der Waals surface area contributed by atoms with Gasteiger partial charge in [-0.25, -0.2) is 12.8 Å². The smallest absolute Gasteiger partial charge is 0.283 e. The number of nitrogens with two attached hydrogens (primary N) is 1. The Bertz CT molecular complexity index is 1320. The summed E-state index contributed by atoms with van der Waals surface area (Å²) in [6, 6.07) is 7.55. The van der Waals surface area contributed by atoms with E-state index in [0.29, 0.717) is 0 Å². The molecule has 0 radical (unpaired) electrons. The summed E-state index contributed by atoms with van der Waals surface area (Å²) in [5, 5.41) is -0.202. The highest BCUT2D eigenvalue weighted by atomic mass is 32.2. The summed E-state index contributed by atoms with van der Waals surface area (Å²) in [6.07, 6.45) is 1.61. The molecule has 0 amide bonds. The maximum absolute atomic E-state index is 12.5. The molecule has 0 aliphatic carbocycles. The molecule has 0 saturated heterocycles. The molecular weight excluding hydrogens is 386 g/mol. The van der Waals surface area contributed by atoms with E-state index in [9.17, 15) is 13.2 Å². The Kier molecular flexibility index (Phi) is 3.97. The van der Waals surface area contributed by atoms with E-state index in [4.69, 9.17) is 5.73 Å². The van der Waals surface area contributed by atoms with E-state index in [2.05, 4.69) is 14.3 Å². The lowest BCUT2D eigenvalue weighted by Gasteiger charge is -2.07. The van der Waals surface area contributed by atoms with Gasteiger partial charge in [0.25, 0.3) is 5.56 Å². The Balaban J connectivity index is 2.00. The van der Waals surface area contributed by atoms with Gasteiger partial charge >= 0.3 is 0 Å². The van der Waals surface area contributed by atoms with Crippen LogP contribution >= 0.6 is 11.5 Å². The van der Waals surface area contributed by atoms with Crippen molar-refractivity contribution < 1.29 is 8.42 Å². The van der Waals surface area contributed by atoms with Crippen molar-refractivity contribution in [3.05, 3.63) is 45.7 Å². The van der Waals surface area contributed by atoms with Crippen LogP contribution in [0.4, 0.5) is 11.5 Å². The molecule has 0 unspecified atom stereocenters. The molecule has 4 rings (SSSR count). The van der Waals surface area contributed by atoms with Crippen LogP contribution in [0.3, 0.4) is 0 Å². The highest BCUT2D eigenvalue weighted by molar-refractivity contribution is 7.91. The molecule has 0 bridgehead atoms. The van der Waals surface area contributed by atoms with Crippen molar-refractivity contribution in [2.24, 2.45) is 4.99 Å². The molecule has 0 spiro atoms.